The molecule has 1 N–H and O–H groups in total. The minimum Gasteiger partial charge on any atom is -0.456 e. The van der Waals surface area contributed by atoms with Gasteiger partial charge >= 0.3 is 5.97 Å². The van der Waals surface area contributed by atoms with Crippen LogP contribution in [0.3, 0.4) is 0 Å². The van der Waals surface area contributed by atoms with Crippen LogP contribution in [0.4, 0.5) is 0 Å². The van der Waals surface area contributed by atoms with E-state index >= 15 is 0 Å². The summed E-state index contributed by atoms with van der Waals surface area (Å²) in [5.41, 5.74) is 1.37. The number of hydrogen-bond donors (Lipinski definition) is 1. The fourth-order valence-corrected chi connectivity index (χ4v) is 6.14. The molecule has 6 rings (SSSR count). The minimum atomic E-state index is -0.780. The predicted molar refractivity (Wildman–Crippen MR) is 115 cm³/mol. The zero-order chi connectivity index (χ0) is 23.4. The van der Waals surface area contributed by atoms with Gasteiger partial charge in [0.15, 0.2) is 5.82 Å². The Morgan fingerprint density at radius 2 is 2.00 bits per heavy atom. The lowest BCUT2D eigenvalue weighted by Crippen LogP contribution is -2.51. The van der Waals surface area contributed by atoms with Crippen molar-refractivity contribution in [2.24, 2.45) is 5.41 Å². The number of piperidine rings is 1. The summed E-state index contributed by atoms with van der Waals surface area (Å²) in [5, 5.41) is 30.1. The van der Waals surface area contributed by atoms with E-state index in [1.165, 1.54) is 11.0 Å². The third-order valence-electron chi connectivity index (χ3n) is 7.92. The fraction of sp³-hybridized carbons (Fsp3) is 0.591. The van der Waals surface area contributed by atoms with Crippen molar-refractivity contribution in [3.05, 3.63) is 35.4 Å². The van der Waals surface area contributed by atoms with E-state index in [0.29, 0.717) is 30.2 Å². The van der Waals surface area contributed by atoms with Gasteiger partial charge in [0, 0.05) is 25.2 Å². The molecular formula is C22H26N8O4. The smallest absolute Gasteiger partial charge is 0.336 e. The molecule has 1 spiro atoms. The molecule has 0 unspecified atom stereocenters. The highest BCUT2D eigenvalue weighted by atomic mass is 16.5. The van der Waals surface area contributed by atoms with Gasteiger partial charge in [0.05, 0.1) is 22.4 Å². The number of aliphatic hydroxyl groups excluding tert-OH is 1. The van der Waals surface area contributed by atoms with Crippen molar-refractivity contribution < 1.29 is 19.4 Å². The average molecular weight is 467 g/mol. The number of fused-ring (bicyclic) bond motifs is 2. The molecule has 4 aliphatic rings. The zero-order valence-electron chi connectivity index (χ0n) is 18.9. The topological polar surface area (TPSA) is 139 Å². The molecule has 3 saturated heterocycles. The number of rotatable bonds is 5. The first-order chi connectivity index (χ1) is 16.4. The molecule has 3 fully saturated rings. The number of nitrogens with zero attached hydrogens (tertiary/aromatic N) is 8. The molecule has 2 aromatic heterocycles. The molecule has 12 nitrogen and oxygen atoms in total. The third kappa shape index (κ3) is 3.31. The van der Waals surface area contributed by atoms with Gasteiger partial charge in [0.25, 0.3) is 0 Å². The molecule has 34 heavy (non-hydrogen) atoms. The lowest BCUT2D eigenvalue weighted by atomic mass is 9.73. The Labute approximate surface area is 195 Å². The second kappa shape index (κ2) is 7.91. The summed E-state index contributed by atoms with van der Waals surface area (Å²) < 4.78 is 6.54. The first-order valence-corrected chi connectivity index (χ1v) is 11.6. The van der Waals surface area contributed by atoms with Gasteiger partial charge in [-0.15, -0.1) is 10.2 Å². The van der Waals surface area contributed by atoms with Gasteiger partial charge in [0.2, 0.25) is 5.91 Å². The molecule has 178 valence electrons. The first-order valence-electron chi connectivity index (χ1n) is 11.6. The molecule has 1 amide bonds. The summed E-state index contributed by atoms with van der Waals surface area (Å²) in [7, 11) is 0. The summed E-state index contributed by atoms with van der Waals surface area (Å²) in [6.45, 7) is 3.00. The second-order valence-electron chi connectivity index (χ2n) is 9.71. The van der Waals surface area contributed by atoms with Gasteiger partial charge < -0.3 is 14.7 Å². The van der Waals surface area contributed by atoms with Crippen molar-refractivity contribution in [1.29, 1.82) is 0 Å². The molecule has 6 heterocycles. The number of likely N-dealkylation sites (tertiary alicyclic amines) is 1. The van der Waals surface area contributed by atoms with Gasteiger partial charge in [-0.1, -0.05) is 0 Å². The van der Waals surface area contributed by atoms with E-state index in [1.54, 1.807) is 24.0 Å². The largest absolute Gasteiger partial charge is 0.456 e. The van der Waals surface area contributed by atoms with Crippen LogP contribution in [-0.2, 0) is 14.3 Å². The molecular weight excluding hydrogens is 440 g/mol. The molecule has 3 atom stereocenters. The highest BCUT2D eigenvalue weighted by molar-refractivity contribution is 5.94. The van der Waals surface area contributed by atoms with Gasteiger partial charge in [-0.2, -0.15) is 9.78 Å². The second-order valence-corrected chi connectivity index (χ2v) is 9.71. The summed E-state index contributed by atoms with van der Waals surface area (Å²) in [6, 6.07) is 3.94. The number of cyclic esters (lactones) is 1. The Bertz CT molecular complexity index is 1130. The number of aliphatic hydroxyl groups is 1. The van der Waals surface area contributed by atoms with E-state index in [0.717, 1.165) is 37.8 Å². The van der Waals surface area contributed by atoms with Crippen LogP contribution in [-0.4, -0.2) is 89.0 Å². The van der Waals surface area contributed by atoms with Crippen molar-refractivity contribution >= 4 is 11.9 Å². The Morgan fingerprint density at radius 1 is 1.21 bits per heavy atom. The SMILES string of the molecule is CC1=C(N2CCC3(C[C@H]4CC[C@H](C3)N4C[C@@H](O)c3ccc(-n4cnnn4)nn3)C2=O)COC1=O. The van der Waals surface area contributed by atoms with Crippen LogP contribution in [0.5, 0.6) is 0 Å². The van der Waals surface area contributed by atoms with Crippen molar-refractivity contribution in [2.75, 3.05) is 19.7 Å². The highest BCUT2D eigenvalue weighted by Gasteiger charge is 2.56. The summed E-state index contributed by atoms with van der Waals surface area (Å²) in [6.07, 6.45) is 5.02. The molecule has 0 radical (unpaired) electrons. The summed E-state index contributed by atoms with van der Waals surface area (Å²) in [5.74, 6) is 0.271. The molecule has 0 aromatic carbocycles. The molecule has 2 bridgehead atoms. The van der Waals surface area contributed by atoms with E-state index in [-0.39, 0.29) is 36.0 Å². The van der Waals surface area contributed by atoms with E-state index < -0.39 is 6.10 Å². The number of esters is 1. The number of carbonyl (C=O) groups is 2. The van der Waals surface area contributed by atoms with Gasteiger partial charge in [-0.05, 0) is 61.6 Å². The first kappa shape index (κ1) is 21.3. The van der Waals surface area contributed by atoms with Gasteiger partial charge in [-0.3, -0.25) is 9.69 Å². The number of ether oxygens (including phenoxy) is 1. The van der Waals surface area contributed by atoms with Crippen molar-refractivity contribution in [3.8, 4) is 5.82 Å². The maximum Gasteiger partial charge on any atom is 0.336 e. The van der Waals surface area contributed by atoms with Crippen molar-refractivity contribution in [1.82, 2.24) is 40.2 Å². The lowest BCUT2D eigenvalue weighted by Gasteiger charge is -2.44. The number of tetrazole rings is 1. The number of amides is 1. The zero-order valence-corrected chi connectivity index (χ0v) is 18.9. The molecule has 0 aliphatic carbocycles. The Kier molecular flexibility index (Phi) is 4.96. The quantitative estimate of drug-likeness (QED) is 0.606. The lowest BCUT2D eigenvalue weighted by molar-refractivity contribution is -0.140. The Morgan fingerprint density at radius 3 is 2.62 bits per heavy atom. The molecule has 0 saturated carbocycles. The number of aromatic nitrogens is 6. The Hall–Kier alpha value is -3.25. The summed E-state index contributed by atoms with van der Waals surface area (Å²) in [4.78, 5) is 29.5. The molecule has 4 aliphatic heterocycles. The Balaban J connectivity index is 1.14. The summed E-state index contributed by atoms with van der Waals surface area (Å²) >= 11 is 0. The van der Waals surface area contributed by atoms with Crippen LogP contribution in [0.2, 0.25) is 0 Å². The monoisotopic (exact) mass is 466 g/mol. The van der Waals surface area contributed by atoms with Crippen LogP contribution in [0, 0.1) is 5.41 Å². The maximum absolute atomic E-state index is 13.5. The van der Waals surface area contributed by atoms with Crippen LogP contribution >= 0.6 is 0 Å². The normalized spacial score (nSPS) is 30.0. The van der Waals surface area contributed by atoms with E-state index in [2.05, 4.69) is 30.6 Å². The van der Waals surface area contributed by atoms with Gasteiger partial charge in [-0.25, -0.2) is 4.79 Å². The van der Waals surface area contributed by atoms with Crippen LogP contribution < -0.4 is 0 Å². The number of carbonyl (C=O) groups excluding carboxylic acids is 2. The fourth-order valence-electron chi connectivity index (χ4n) is 6.14. The van der Waals surface area contributed by atoms with E-state index in [9.17, 15) is 14.7 Å². The van der Waals surface area contributed by atoms with E-state index in [1.807, 2.05) is 0 Å². The van der Waals surface area contributed by atoms with Gasteiger partial charge in [0.1, 0.15) is 19.0 Å². The van der Waals surface area contributed by atoms with Crippen LogP contribution in [0.25, 0.3) is 5.82 Å². The maximum atomic E-state index is 13.5. The predicted octanol–water partition coefficient (Wildman–Crippen LogP) is 0.162. The number of hydrogen-bond acceptors (Lipinski definition) is 10. The minimum absolute atomic E-state index is 0.126. The third-order valence-corrected chi connectivity index (χ3v) is 7.92. The molecule has 12 heteroatoms. The highest BCUT2D eigenvalue weighted by Crippen LogP contribution is 2.52. The van der Waals surface area contributed by atoms with E-state index in [4.69, 9.17) is 4.74 Å². The van der Waals surface area contributed by atoms with Crippen molar-refractivity contribution in [2.45, 2.75) is 57.2 Å². The molecule has 2 aromatic rings. The standard InChI is InChI=1S/C22H26N8O4/c1-13-17(11-34-20(13)32)28-7-6-22(21(28)33)8-14-2-3-15(9-22)29(14)10-18(31)16-4-5-19(25-24-16)30-12-23-26-27-30/h4-5,12,14-15,18,31H,2-3,6-11H2,1H3/t14-,15-,18-/m1/s1. The van der Waals surface area contributed by atoms with Crippen LogP contribution in [0.1, 0.15) is 50.8 Å². The average Bonchev–Trinajstić information content (AvgIpc) is 3.60. The van der Waals surface area contributed by atoms with Crippen molar-refractivity contribution in [3.63, 3.8) is 0 Å². The van der Waals surface area contributed by atoms with Crippen LogP contribution in [0.15, 0.2) is 29.7 Å².